The normalized spacial score (nSPS) is 10.6. The van der Waals surface area contributed by atoms with Gasteiger partial charge in [0.1, 0.15) is 17.2 Å². The fourth-order valence-electron chi connectivity index (χ4n) is 3.46. The Morgan fingerprint density at radius 1 is 0.781 bits per heavy atom. The van der Waals surface area contributed by atoms with Gasteiger partial charge in [0.2, 0.25) is 0 Å². The van der Waals surface area contributed by atoms with Crippen LogP contribution in [0.5, 0.6) is 17.2 Å². The fraction of sp³-hybridized carbons (Fsp3) is 0.192. The number of methoxy groups -OCH3 is 3. The molecule has 164 valence electrons. The van der Waals surface area contributed by atoms with Crippen LogP contribution in [0.2, 0.25) is 0 Å². The highest BCUT2D eigenvalue weighted by Crippen LogP contribution is 2.39. The topological polar surface area (TPSA) is 52.6 Å². The van der Waals surface area contributed by atoms with Crippen molar-refractivity contribution in [1.29, 1.82) is 0 Å². The predicted octanol–water partition coefficient (Wildman–Crippen LogP) is 6.04. The Labute approximate surface area is 192 Å². The van der Waals surface area contributed by atoms with Crippen molar-refractivity contribution >= 4 is 16.5 Å². The summed E-state index contributed by atoms with van der Waals surface area (Å²) in [4.78, 5) is 6.12. The Kier molecular flexibility index (Phi) is 6.92. The molecule has 0 unspecified atom stereocenters. The molecule has 0 bridgehead atoms. The molecule has 5 nitrogen and oxygen atoms in total. The lowest BCUT2D eigenvalue weighted by Crippen LogP contribution is -1.99. The van der Waals surface area contributed by atoms with Crippen molar-refractivity contribution < 1.29 is 14.2 Å². The number of hydrogen-bond donors (Lipinski definition) is 1. The van der Waals surface area contributed by atoms with Crippen LogP contribution in [0, 0.1) is 0 Å². The Morgan fingerprint density at radius 3 is 2.19 bits per heavy atom. The number of nitrogens with zero attached hydrogens (tertiary/aromatic N) is 1. The molecule has 0 spiro atoms. The van der Waals surface area contributed by atoms with Gasteiger partial charge in [-0.05, 0) is 41.5 Å². The van der Waals surface area contributed by atoms with Gasteiger partial charge in [-0.3, -0.25) is 0 Å². The van der Waals surface area contributed by atoms with Gasteiger partial charge in [0.05, 0.1) is 27.0 Å². The number of anilines is 1. The van der Waals surface area contributed by atoms with Crippen LogP contribution in [0.3, 0.4) is 0 Å². The predicted molar refractivity (Wildman–Crippen MR) is 130 cm³/mol. The molecule has 0 aliphatic rings. The quantitative estimate of drug-likeness (QED) is 0.340. The third kappa shape index (κ3) is 5.03. The lowest BCUT2D eigenvalue weighted by molar-refractivity contribution is 0.404. The van der Waals surface area contributed by atoms with Gasteiger partial charge >= 0.3 is 0 Å². The van der Waals surface area contributed by atoms with E-state index in [-0.39, 0.29) is 0 Å². The molecule has 32 heavy (non-hydrogen) atoms. The summed E-state index contributed by atoms with van der Waals surface area (Å²) < 4.78 is 16.3. The van der Waals surface area contributed by atoms with Gasteiger partial charge in [-0.25, -0.2) is 4.98 Å². The number of rotatable bonds is 9. The van der Waals surface area contributed by atoms with E-state index < -0.39 is 0 Å². The Hall–Kier alpha value is -3.51. The van der Waals surface area contributed by atoms with Crippen molar-refractivity contribution in [3.63, 3.8) is 0 Å². The largest absolute Gasteiger partial charge is 0.497 e. The first kappa shape index (κ1) is 21.7. The number of thiazole rings is 1. The zero-order valence-electron chi connectivity index (χ0n) is 18.4. The first-order chi connectivity index (χ1) is 15.7. The molecule has 3 aromatic carbocycles. The van der Waals surface area contributed by atoms with Gasteiger partial charge in [0.25, 0.3) is 0 Å². The minimum atomic E-state index is 0.678. The molecular formula is C26H26N2O3S. The van der Waals surface area contributed by atoms with Gasteiger partial charge in [-0.15, -0.1) is 11.3 Å². The number of aromatic nitrogens is 1. The van der Waals surface area contributed by atoms with Crippen LogP contribution in [0.15, 0.2) is 72.8 Å². The minimum Gasteiger partial charge on any atom is -0.497 e. The fourth-order valence-corrected chi connectivity index (χ4v) is 4.46. The van der Waals surface area contributed by atoms with Crippen LogP contribution in [-0.2, 0) is 13.0 Å². The third-order valence-corrected chi connectivity index (χ3v) is 6.18. The molecule has 0 saturated carbocycles. The molecule has 0 radical (unpaired) electrons. The van der Waals surface area contributed by atoms with Gasteiger partial charge < -0.3 is 19.5 Å². The molecule has 0 fully saturated rings. The van der Waals surface area contributed by atoms with E-state index in [2.05, 4.69) is 41.7 Å². The number of benzene rings is 3. The van der Waals surface area contributed by atoms with Gasteiger partial charge in [0, 0.05) is 23.4 Å². The molecule has 1 N–H and O–H groups in total. The second-order valence-corrected chi connectivity index (χ2v) is 8.30. The van der Waals surface area contributed by atoms with E-state index in [1.54, 1.807) is 32.7 Å². The molecule has 0 amide bonds. The number of hydrogen-bond acceptors (Lipinski definition) is 6. The minimum absolute atomic E-state index is 0.678. The zero-order chi connectivity index (χ0) is 22.3. The Bertz CT molecular complexity index is 1160. The molecule has 0 aliphatic carbocycles. The van der Waals surface area contributed by atoms with Crippen molar-refractivity contribution in [2.75, 3.05) is 26.6 Å². The molecule has 4 aromatic rings. The van der Waals surface area contributed by atoms with E-state index in [0.717, 1.165) is 45.6 Å². The van der Waals surface area contributed by atoms with Crippen molar-refractivity contribution in [2.45, 2.75) is 13.0 Å². The summed E-state index contributed by atoms with van der Waals surface area (Å²) in [5.74, 6) is 2.39. The van der Waals surface area contributed by atoms with Crippen molar-refractivity contribution in [3.05, 3.63) is 88.8 Å². The van der Waals surface area contributed by atoms with E-state index >= 15 is 0 Å². The molecular weight excluding hydrogens is 420 g/mol. The Balaban J connectivity index is 1.67. The maximum Gasteiger partial charge on any atom is 0.183 e. The number of ether oxygens (including phenoxy) is 3. The van der Waals surface area contributed by atoms with E-state index in [0.29, 0.717) is 6.54 Å². The summed E-state index contributed by atoms with van der Waals surface area (Å²) in [6.07, 6.45) is 0.790. The van der Waals surface area contributed by atoms with Gasteiger partial charge in [-0.2, -0.15) is 0 Å². The highest BCUT2D eigenvalue weighted by atomic mass is 32.1. The van der Waals surface area contributed by atoms with E-state index in [9.17, 15) is 0 Å². The summed E-state index contributed by atoms with van der Waals surface area (Å²) in [5.41, 5.74) is 4.23. The van der Waals surface area contributed by atoms with Crippen LogP contribution in [0.25, 0.3) is 11.3 Å². The standard InChI is InChI=1S/C26H26N2O3S/c1-29-20-11-9-19(10-12-20)17-27-26-28-25(22-16-21(30-2)13-14-23(22)31-3)24(32-26)15-18-7-5-4-6-8-18/h4-14,16H,15,17H2,1-3H3,(H,27,28). The van der Waals surface area contributed by atoms with Crippen LogP contribution in [-0.4, -0.2) is 26.3 Å². The molecule has 1 heterocycles. The second kappa shape index (κ2) is 10.2. The third-order valence-electron chi connectivity index (χ3n) is 5.17. The highest BCUT2D eigenvalue weighted by Gasteiger charge is 2.18. The SMILES string of the molecule is COc1ccc(CNc2nc(-c3cc(OC)ccc3OC)c(Cc3ccccc3)s2)cc1. The maximum absolute atomic E-state index is 5.64. The first-order valence-corrected chi connectivity index (χ1v) is 11.1. The van der Waals surface area contributed by atoms with Gasteiger partial charge in [0.15, 0.2) is 5.13 Å². The molecule has 4 rings (SSSR count). The molecule has 0 atom stereocenters. The average Bonchev–Trinajstić information content (AvgIpc) is 3.25. The average molecular weight is 447 g/mol. The lowest BCUT2D eigenvalue weighted by atomic mass is 10.1. The zero-order valence-corrected chi connectivity index (χ0v) is 19.2. The molecule has 6 heteroatoms. The van der Waals surface area contributed by atoms with Crippen LogP contribution in [0.4, 0.5) is 5.13 Å². The Morgan fingerprint density at radius 2 is 1.50 bits per heavy atom. The van der Waals surface area contributed by atoms with Crippen molar-refractivity contribution in [2.24, 2.45) is 0 Å². The van der Waals surface area contributed by atoms with Crippen LogP contribution >= 0.6 is 11.3 Å². The van der Waals surface area contributed by atoms with E-state index in [4.69, 9.17) is 19.2 Å². The smallest absolute Gasteiger partial charge is 0.183 e. The number of nitrogens with one attached hydrogen (secondary N) is 1. The highest BCUT2D eigenvalue weighted by molar-refractivity contribution is 7.16. The second-order valence-electron chi connectivity index (χ2n) is 7.22. The first-order valence-electron chi connectivity index (χ1n) is 10.3. The van der Waals surface area contributed by atoms with E-state index in [1.165, 1.54) is 10.4 Å². The summed E-state index contributed by atoms with van der Waals surface area (Å²) in [6.45, 7) is 0.678. The van der Waals surface area contributed by atoms with Crippen LogP contribution < -0.4 is 19.5 Å². The molecule has 1 aromatic heterocycles. The summed E-state index contributed by atoms with van der Waals surface area (Å²) in [7, 11) is 5.02. The summed E-state index contributed by atoms with van der Waals surface area (Å²) in [5, 5.41) is 4.34. The van der Waals surface area contributed by atoms with Crippen molar-refractivity contribution in [1.82, 2.24) is 4.98 Å². The maximum atomic E-state index is 5.64. The summed E-state index contributed by atoms with van der Waals surface area (Å²) in [6, 6.07) is 24.3. The van der Waals surface area contributed by atoms with Crippen LogP contribution in [0.1, 0.15) is 16.0 Å². The molecule has 0 saturated heterocycles. The lowest BCUT2D eigenvalue weighted by Gasteiger charge is -2.10. The van der Waals surface area contributed by atoms with Crippen molar-refractivity contribution in [3.8, 4) is 28.5 Å². The van der Waals surface area contributed by atoms with E-state index in [1.807, 2.05) is 36.4 Å². The monoisotopic (exact) mass is 446 g/mol. The van der Waals surface area contributed by atoms with Gasteiger partial charge in [-0.1, -0.05) is 42.5 Å². The summed E-state index contributed by atoms with van der Waals surface area (Å²) >= 11 is 1.67. The molecule has 0 aliphatic heterocycles.